The summed E-state index contributed by atoms with van der Waals surface area (Å²) in [6.45, 7) is 0.989. The van der Waals surface area contributed by atoms with Crippen LogP contribution in [0.5, 0.6) is 11.5 Å². The molecular formula is C15H21NO6. The molecule has 3 N–H and O–H groups in total. The van der Waals surface area contributed by atoms with Crippen molar-refractivity contribution in [2.24, 2.45) is 0 Å². The van der Waals surface area contributed by atoms with Gasteiger partial charge >= 0.3 is 0 Å². The summed E-state index contributed by atoms with van der Waals surface area (Å²) in [5, 5.41) is 21.6. The molecular weight excluding hydrogens is 290 g/mol. The molecule has 0 radical (unpaired) electrons. The minimum Gasteiger partial charge on any atom is -0.507 e. The molecule has 22 heavy (non-hydrogen) atoms. The van der Waals surface area contributed by atoms with E-state index in [-0.39, 0.29) is 42.6 Å². The van der Waals surface area contributed by atoms with Crippen molar-refractivity contribution in [2.45, 2.75) is 18.6 Å². The fourth-order valence-corrected chi connectivity index (χ4v) is 2.32. The highest BCUT2D eigenvalue weighted by Gasteiger charge is 2.28. The van der Waals surface area contributed by atoms with Crippen molar-refractivity contribution in [2.75, 3.05) is 33.5 Å². The number of aliphatic hydroxyl groups excluding tert-OH is 1. The number of aliphatic hydroxyl groups is 1. The minimum atomic E-state index is -0.385. The van der Waals surface area contributed by atoms with Gasteiger partial charge in [-0.3, -0.25) is 4.79 Å². The Kier molecular flexibility index (Phi) is 6.00. The highest BCUT2D eigenvalue weighted by Crippen LogP contribution is 2.23. The van der Waals surface area contributed by atoms with E-state index in [1.165, 1.54) is 19.2 Å². The number of benzene rings is 1. The maximum absolute atomic E-state index is 12.3. The Morgan fingerprint density at radius 1 is 1.50 bits per heavy atom. The summed E-state index contributed by atoms with van der Waals surface area (Å²) >= 11 is 0. The number of aromatic hydroxyl groups is 1. The van der Waals surface area contributed by atoms with E-state index >= 15 is 0 Å². The second-order valence-electron chi connectivity index (χ2n) is 4.96. The van der Waals surface area contributed by atoms with Gasteiger partial charge in [-0.2, -0.15) is 0 Å². The predicted octanol–water partition coefficient (Wildman–Crippen LogP) is 0.297. The molecule has 0 unspecified atom stereocenters. The van der Waals surface area contributed by atoms with E-state index in [2.05, 4.69) is 5.32 Å². The van der Waals surface area contributed by atoms with Gasteiger partial charge in [0, 0.05) is 12.7 Å². The van der Waals surface area contributed by atoms with Crippen LogP contribution in [0.1, 0.15) is 16.8 Å². The molecule has 1 aliphatic rings. The number of carbonyl (C=O) groups excluding carboxylic acids is 1. The molecule has 7 nitrogen and oxygen atoms in total. The fourth-order valence-electron chi connectivity index (χ4n) is 2.32. The number of rotatable bonds is 6. The molecule has 0 saturated carbocycles. The van der Waals surface area contributed by atoms with Crippen molar-refractivity contribution in [3.8, 4) is 11.5 Å². The van der Waals surface area contributed by atoms with Gasteiger partial charge in [-0.25, -0.2) is 0 Å². The number of nitrogens with one attached hydrogen (secondary N) is 1. The molecule has 1 aromatic rings. The first-order chi connectivity index (χ1) is 10.7. The third-order valence-electron chi connectivity index (χ3n) is 3.49. The summed E-state index contributed by atoms with van der Waals surface area (Å²) in [7, 11) is 1.49. The van der Waals surface area contributed by atoms with Crippen LogP contribution in [-0.4, -0.2) is 61.8 Å². The maximum Gasteiger partial charge on any atom is 0.255 e. The van der Waals surface area contributed by atoms with Crippen LogP contribution >= 0.6 is 0 Å². The lowest BCUT2D eigenvalue weighted by atomic mass is 10.0. The van der Waals surface area contributed by atoms with Crippen LogP contribution in [-0.2, 0) is 9.47 Å². The average Bonchev–Trinajstić information content (AvgIpc) is 2.53. The lowest BCUT2D eigenvalue weighted by molar-refractivity contribution is -0.0737. The second kappa shape index (κ2) is 7.98. The first-order valence-corrected chi connectivity index (χ1v) is 7.13. The van der Waals surface area contributed by atoms with E-state index in [0.717, 1.165) is 0 Å². The minimum absolute atomic E-state index is 0.0869. The quantitative estimate of drug-likeness (QED) is 0.699. The van der Waals surface area contributed by atoms with Crippen LogP contribution < -0.4 is 10.1 Å². The molecule has 0 bridgehead atoms. The number of amides is 1. The standard InChI is InChI=1S/C15H21NO6/c1-20-10-2-3-11(13(18)8-10)15(19)16-12-4-6-21-9-14(12)22-7-5-17/h2-3,8,12,14,17-18H,4-7,9H2,1H3,(H,16,19)/t12-,14-/m1/s1. The summed E-state index contributed by atoms with van der Waals surface area (Å²) < 4.78 is 15.8. The van der Waals surface area contributed by atoms with Gasteiger partial charge in [0.15, 0.2) is 0 Å². The molecule has 2 rings (SSSR count). The van der Waals surface area contributed by atoms with Crippen molar-refractivity contribution in [3.05, 3.63) is 23.8 Å². The van der Waals surface area contributed by atoms with Gasteiger partial charge in [0.1, 0.15) is 17.6 Å². The van der Waals surface area contributed by atoms with E-state index in [0.29, 0.717) is 25.4 Å². The zero-order chi connectivity index (χ0) is 15.9. The number of ether oxygens (including phenoxy) is 3. The molecule has 122 valence electrons. The number of hydrogen-bond acceptors (Lipinski definition) is 6. The lowest BCUT2D eigenvalue weighted by Crippen LogP contribution is -2.50. The van der Waals surface area contributed by atoms with Crippen molar-refractivity contribution >= 4 is 5.91 Å². The van der Waals surface area contributed by atoms with Crippen LogP contribution in [0.15, 0.2) is 18.2 Å². The molecule has 1 saturated heterocycles. The van der Waals surface area contributed by atoms with Crippen molar-refractivity contribution < 1.29 is 29.2 Å². The van der Waals surface area contributed by atoms with Crippen molar-refractivity contribution in [3.63, 3.8) is 0 Å². The highest BCUT2D eigenvalue weighted by molar-refractivity contribution is 5.97. The molecule has 1 heterocycles. The molecule has 1 amide bonds. The second-order valence-corrected chi connectivity index (χ2v) is 4.96. The summed E-state index contributed by atoms with van der Waals surface area (Å²) in [4.78, 5) is 12.3. The summed E-state index contributed by atoms with van der Waals surface area (Å²) in [6.07, 6.45) is 0.295. The zero-order valence-electron chi connectivity index (χ0n) is 12.4. The summed E-state index contributed by atoms with van der Waals surface area (Å²) in [6, 6.07) is 4.28. The van der Waals surface area contributed by atoms with Crippen molar-refractivity contribution in [1.82, 2.24) is 5.32 Å². The molecule has 1 fully saturated rings. The Morgan fingerprint density at radius 3 is 3.00 bits per heavy atom. The largest absolute Gasteiger partial charge is 0.507 e. The van der Waals surface area contributed by atoms with Crippen molar-refractivity contribution in [1.29, 1.82) is 0 Å². The van der Waals surface area contributed by atoms with Gasteiger partial charge in [0.05, 0.1) is 38.5 Å². The van der Waals surface area contributed by atoms with E-state index in [1.807, 2.05) is 0 Å². The summed E-state index contributed by atoms with van der Waals surface area (Å²) in [5.74, 6) is -0.0503. The molecule has 0 spiro atoms. The van der Waals surface area contributed by atoms with Gasteiger partial charge in [0.25, 0.3) is 5.91 Å². The van der Waals surface area contributed by atoms with Crippen LogP contribution in [0.2, 0.25) is 0 Å². The van der Waals surface area contributed by atoms with Gasteiger partial charge in [-0.1, -0.05) is 0 Å². The normalized spacial score (nSPS) is 21.4. The Balaban J connectivity index is 2.03. The third-order valence-corrected chi connectivity index (χ3v) is 3.49. The first kappa shape index (κ1) is 16.5. The molecule has 1 aliphatic heterocycles. The summed E-state index contributed by atoms with van der Waals surface area (Å²) in [5.41, 5.74) is 0.174. The average molecular weight is 311 g/mol. The first-order valence-electron chi connectivity index (χ1n) is 7.13. The van der Waals surface area contributed by atoms with Crippen LogP contribution in [0.25, 0.3) is 0 Å². The van der Waals surface area contributed by atoms with E-state index in [9.17, 15) is 9.90 Å². The third kappa shape index (κ3) is 4.09. The Hall–Kier alpha value is -1.83. The molecule has 2 atom stereocenters. The molecule has 1 aromatic carbocycles. The Bertz CT molecular complexity index is 507. The SMILES string of the molecule is COc1ccc(C(=O)N[C@@H]2CCOC[C@H]2OCCO)c(O)c1. The van der Waals surface area contributed by atoms with Gasteiger partial charge in [0.2, 0.25) is 0 Å². The number of phenols is 1. The number of hydrogen-bond donors (Lipinski definition) is 3. The van der Waals surface area contributed by atoms with Crippen LogP contribution in [0.4, 0.5) is 0 Å². The fraction of sp³-hybridized carbons (Fsp3) is 0.533. The topological polar surface area (TPSA) is 97.3 Å². The molecule has 0 aromatic heterocycles. The predicted molar refractivity (Wildman–Crippen MR) is 78.2 cm³/mol. The molecule has 7 heteroatoms. The number of carbonyl (C=O) groups is 1. The van der Waals surface area contributed by atoms with Crippen LogP contribution in [0, 0.1) is 0 Å². The van der Waals surface area contributed by atoms with Gasteiger partial charge in [-0.05, 0) is 18.6 Å². The smallest absolute Gasteiger partial charge is 0.255 e. The van der Waals surface area contributed by atoms with E-state index in [1.54, 1.807) is 6.07 Å². The maximum atomic E-state index is 12.3. The Morgan fingerprint density at radius 2 is 2.32 bits per heavy atom. The number of phenolic OH excluding ortho intramolecular Hbond substituents is 1. The van der Waals surface area contributed by atoms with E-state index < -0.39 is 0 Å². The molecule has 0 aliphatic carbocycles. The monoisotopic (exact) mass is 311 g/mol. The van der Waals surface area contributed by atoms with Gasteiger partial charge < -0.3 is 29.7 Å². The highest BCUT2D eigenvalue weighted by atomic mass is 16.5. The zero-order valence-corrected chi connectivity index (χ0v) is 12.4. The van der Waals surface area contributed by atoms with Crippen LogP contribution in [0.3, 0.4) is 0 Å². The Labute approximate surface area is 128 Å². The lowest BCUT2D eigenvalue weighted by Gasteiger charge is -2.32. The van der Waals surface area contributed by atoms with Gasteiger partial charge in [-0.15, -0.1) is 0 Å². The van der Waals surface area contributed by atoms with E-state index in [4.69, 9.17) is 19.3 Å². The number of methoxy groups -OCH3 is 1.